The maximum absolute atomic E-state index is 13.1. The Kier molecular flexibility index (Phi) is 6.29. The van der Waals surface area contributed by atoms with Gasteiger partial charge in [0.05, 0.1) is 12.7 Å². The second kappa shape index (κ2) is 9.49. The topological polar surface area (TPSA) is 64.5 Å². The van der Waals surface area contributed by atoms with Gasteiger partial charge in [-0.1, -0.05) is 35.9 Å². The van der Waals surface area contributed by atoms with Crippen LogP contribution in [0, 0.1) is 5.41 Å². The number of ether oxygens (including phenoxy) is 2. The lowest BCUT2D eigenvalue weighted by molar-refractivity contribution is 0.0496. The van der Waals surface area contributed by atoms with Crippen LogP contribution in [0.25, 0.3) is 0 Å². The first kappa shape index (κ1) is 21.9. The minimum atomic E-state index is 0.0239. The van der Waals surface area contributed by atoms with Gasteiger partial charge in [-0.25, -0.2) is 9.97 Å². The van der Waals surface area contributed by atoms with Crippen molar-refractivity contribution in [2.45, 2.75) is 31.8 Å². The van der Waals surface area contributed by atoms with E-state index >= 15 is 0 Å². The summed E-state index contributed by atoms with van der Waals surface area (Å²) in [7, 11) is 0. The molecule has 3 aromatic rings. The van der Waals surface area contributed by atoms with E-state index in [4.69, 9.17) is 21.1 Å². The van der Waals surface area contributed by atoms with Gasteiger partial charge in [-0.3, -0.25) is 4.79 Å². The van der Waals surface area contributed by atoms with Crippen LogP contribution in [0.3, 0.4) is 0 Å². The average Bonchev–Trinajstić information content (AvgIpc) is 3.23. The molecule has 1 spiro atoms. The smallest absolute Gasteiger partial charge is 0.321 e. The van der Waals surface area contributed by atoms with E-state index in [0.29, 0.717) is 11.3 Å². The monoisotopic (exact) mass is 463 g/mol. The van der Waals surface area contributed by atoms with E-state index in [9.17, 15) is 4.79 Å². The molecule has 2 fully saturated rings. The number of carbonyl (C=O) groups excluding carboxylic acids is 1. The highest BCUT2D eigenvalue weighted by molar-refractivity contribution is 6.31. The third-order valence-electron chi connectivity index (χ3n) is 6.63. The molecule has 5 rings (SSSR count). The number of nitrogens with zero attached hydrogens (tertiary/aromatic N) is 3. The molecule has 1 unspecified atom stereocenters. The Morgan fingerprint density at radius 1 is 1.09 bits per heavy atom. The summed E-state index contributed by atoms with van der Waals surface area (Å²) in [5.41, 5.74) is 1.90. The highest BCUT2D eigenvalue weighted by atomic mass is 35.5. The minimum Gasteiger partial charge on any atom is -0.424 e. The number of amides is 1. The molecule has 6 nitrogen and oxygen atoms in total. The first-order chi connectivity index (χ1) is 16.1. The van der Waals surface area contributed by atoms with Crippen LogP contribution in [-0.2, 0) is 11.2 Å². The van der Waals surface area contributed by atoms with E-state index in [1.807, 2.05) is 35.2 Å². The molecule has 0 N–H and O–H groups in total. The molecular formula is C26H26ClN3O3. The Labute approximate surface area is 198 Å². The third-order valence-corrected chi connectivity index (χ3v) is 7.00. The fraction of sp³-hybridized carbons (Fsp3) is 0.346. The van der Waals surface area contributed by atoms with Gasteiger partial charge >= 0.3 is 6.01 Å². The van der Waals surface area contributed by atoms with Crippen LogP contribution in [0.15, 0.2) is 67.0 Å². The Morgan fingerprint density at radius 2 is 1.88 bits per heavy atom. The van der Waals surface area contributed by atoms with Crippen LogP contribution >= 0.6 is 11.6 Å². The summed E-state index contributed by atoms with van der Waals surface area (Å²) in [5, 5.41) is 0.799. The molecule has 7 heteroatoms. The first-order valence-electron chi connectivity index (χ1n) is 11.3. The number of benzene rings is 2. The molecule has 3 heterocycles. The first-order valence-corrected chi connectivity index (χ1v) is 11.7. The molecule has 0 aliphatic carbocycles. The van der Waals surface area contributed by atoms with Crippen LogP contribution in [0.5, 0.6) is 11.8 Å². The van der Waals surface area contributed by atoms with Gasteiger partial charge in [0.15, 0.2) is 0 Å². The summed E-state index contributed by atoms with van der Waals surface area (Å²) in [6.07, 6.45) is 7.17. The molecule has 0 saturated carbocycles. The number of hydrogen-bond acceptors (Lipinski definition) is 5. The fourth-order valence-corrected chi connectivity index (χ4v) is 5.00. The number of likely N-dealkylation sites (tertiary alicyclic amines) is 1. The van der Waals surface area contributed by atoms with Crippen molar-refractivity contribution < 1.29 is 14.3 Å². The molecule has 1 amide bonds. The molecule has 33 heavy (non-hydrogen) atoms. The Balaban J connectivity index is 1.18. The maximum Gasteiger partial charge on any atom is 0.321 e. The summed E-state index contributed by atoms with van der Waals surface area (Å²) < 4.78 is 11.9. The minimum absolute atomic E-state index is 0.0239. The van der Waals surface area contributed by atoms with Crippen molar-refractivity contribution in [2.24, 2.45) is 5.41 Å². The summed E-state index contributed by atoms with van der Waals surface area (Å²) in [6.45, 7) is 2.21. The van der Waals surface area contributed by atoms with Crippen molar-refractivity contribution in [2.75, 3.05) is 19.7 Å². The van der Waals surface area contributed by atoms with Crippen molar-refractivity contribution in [1.29, 1.82) is 0 Å². The highest BCUT2D eigenvalue weighted by Gasteiger charge is 2.43. The fourth-order valence-electron chi connectivity index (χ4n) is 4.79. The standard InChI is InChI=1S/C26H26ClN3O3/c27-23-8-2-1-5-19(23)15-22-17-26(18-32-22)9-13-30(14-10-26)24(31)20-6-3-7-21(16-20)33-25-28-11-4-12-29-25/h1-8,11-12,16,22H,9-10,13-15,17-18H2. The summed E-state index contributed by atoms with van der Waals surface area (Å²) >= 11 is 6.33. The van der Waals surface area contributed by atoms with E-state index in [0.717, 1.165) is 56.0 Å². The normalized spacial score (nSPS) is 19.5. The average molecular weight is 464 g/mol. The van der Waals surface area contributed by atoms with Crippen molar-refractivity contribution in [3.05, 3.63) is 83.1 Å². The van der Waals surface area contributed by atoms with E-state index in [1.54, 1.807) is 30.6 Å². The Bertz CT molecular complexity index is 1120. The van der Waals surface area contributed by atoms with Crippen LogP contribution in [0.1, 0.15) is 35.2 Å². The van der Waals surface area contributed by atoms with E-state index in [2.05, 4.69) is 16.0 Å². The van der Waals surface area contributed by atoms with Gasteiger partial charge in [-0.2, -0.15) is 0 Å². The van der Waals surface area contributed by atoms with Crippen molar-refractivity contribution in [3.63, 3.8) is 0 Å². The molecule has 2 saturated heterocycles. The molecule has 2 aliphatic rings. The molecule has 2 aliphatic heterocycles. The second-order valence-corrected chi connectivity index (χ2v) is 9.29. The SMILES string of the molecule is O=C(c1cccc(Oc2ncccn2)c1)N1CCC2(CC1)COC(Cc1ccccc1Cl)C2. The van der Waals surface area contributed by atoms with Crippen molar-refractivity contribution >= 4 is 17.5 Å². The zero-order valence-corrected chi connectivity index (χ0v) is 19.1. The summed E-state index contributed by atoms with van der Waals surface area (Å²) in [4.78, 5) is 23.2. The zero-order valence-electron chi connectivity index (χ0n) is 18.3. The van der Waals surface area contributed by atoms with Gasteiger partial charge in [-0.15, -0.1) is 0 Å². The number of rotatable bonds is 5. The summed E-state index contributed by atoms with van der Waals surface area (Å²) in [5.74, 6) is 0.572. The van der Waals surface area contributed by atoms with E-state index < -0.39 is 0 Å². The molecule has 0 radical (unpaired) electrons. The van der Waals surface area contributed by atoms with Crippen LogP contribution in [-0.4, -0.2) is 46.6 Å². The predicted octanol–water partition coefficient (Wildman–Crippen LogP) is 5.18. The number of piperidine rings is 1. The quantitative estimate of drug-likeness (QED) is 0.522. The van der Waals surface area contributed by atoms with Gasteiger partial charge in [0.2, 0.25) is 0 Å². The van der Waals surface area contributed by atoms with Gasteiger partial charge in [0.1, 0.15) is 5.75 Å². The molecular weight excluding hydrogens is 438 g/mol. The van der Waals surface area contributed by atoms with Crippen LogP contribution < -0.4 is 4.74 Å². The van der Waals surface area contributed by atoms with Crippen molar-refractivity contribution in [1.82, 2.24) is 14.9 Å². The van der Waals surface area contributed by atoms with Gasteiger partial charge in [-0.05, 0) is 60.6 Å². The lowest BCUT2D eigenvalue weighted by atomic mass is 9.76. The van der Waals surface area contributed by atoms with Crippen LogP contribution in [0.2, 0.25) is 5.02 Å². The largest absolute Gasteiger partial charge is 0.424 e. The number of hydrogen-bond donors (Lipinski definition) is 0. The molecule has 170 valence electrons. The Hall–Kier alpha value is -2.96. The number of aromatic nitrogens is 2. The van der Waals surface area contributed by atoms with E-state index in [-0.39, 0.29) is 23.4 Å². The second-order valence-electron chi connectivity index (χ2n) is 8.89. The molecule has 1 aromatic heterocycles. The lowest BCUT2D eigenvalue weighted by Gasteiger charge is -2.38. The molecule has 0 bridgehead atoms. The Morgan fingerprint density at radius 3 is 2.67 bits per heavy atom. The highest BCUT2D eigenvalue weighted by Crippen LogP contribution is 2.43. The lowest BCUT2D eigenvalue weighted by Crippen LogP contribution is -2.43. The van der Waals surface area contributed by atoms with Crippen LogP contribution in [0.4, 0.5) is 0 Å². The molecule has 1 atom stereocenters. The van der Waals surface area contributed by atoms with Gasteiger partial charge in [0.25, 0.3) is 5.91 Å². The number of carbonyl (C=O) groups is 1. The van der Waals surface area contributed by atoms with Gasteiger partial charge < -0.3 is 14.4 Å². The maximum atomic E-state index is 13.1. The molecule has 2 aromatic carbocycles. The van der Waals surface area contributed by atoms with Gasteiger partial charge in [0, 0.05) is 42.5 Å². The predicted molar refractivity (Wildman–Crippen MR) is 126 cm³/mol. The summed E-state index contributed by atoms with van der Waals surface area (Å²) in [6, 6.07) is 17.1. The number of halogens is 1. The zero-order chi connectivity index (χ0) is 22.7. The van der Waals surface area contributed by atoms with E-state index in [1.165, 1.54) is 0 Å². The third kappa shape index (κ3) is 5.02. The van der Waals surface area contributed by atoms with Crippen molar-refractivity contribution in [3.8, 4) is 11.8 Å².